The molecule has 3 saturated heterocycles. The number of halogens is 2. The summed E-state index contributed by atoms with van der Waals surface area (Å²) < 4.78 is 40.7. The minimum Gasteiger partial charge on any atom is -0.381 e. The SMILES string of the molecule is CC(=O)N1CCc2c(c(N3CCCc4cc(-c5cn(CC(=O)N6CCC(N7Cc8cc9c(cc8C7)C(=O)N(C7CCC(=O)NC7=O)C9=O)CC6)c6ccncc56)c(C(F)F)cc43)nn2C2CCOCC2)C1. The lowest BCUT2D eigenvalue weighted by molar-refractivity contribution is -0.136. The van der Waals surface area contributed by atoms with E-state index in [0.29, 0.717) is 94.1 Å². The fourth-order valence-electron chi connectivity index (χ4n) is 12.3. The Morgan fingerprint density at radius 1 is 0.803 bits per heavy atom. The molecule has 1 atom stereocenters. The van der Waals surface area contributed by atoms with Gasteiger partial charge in [-0.05, 0) is 97.5 Å². The lowest BCUT2D eigenvalue weighted by Crippen LogP contribution is -2.54. The van der Waals surface area contributed by atoms with Crippen LogP contribution in [0.4, 0.5) is 20.3 Å². The van der Waals surface area contributed by atoms with Crippen molar-refractivity contribution >= 4 is 57.9 Å². The van der Waals surface area contributed by atoms with Crippen LogP contribution < -0.4 is 10.2 Å². The average molecular weight is 969 g/mol. The normalized spacial score (nSPS) is 21.0. The Morgan fingerprint density at radius 3 is 2.24 bits per heavy atom. The maximum absolute atomic E-state index is 15.5. The van der Waals surface area contributed by atoms with E-state index in [4.69, 9.17) is 9.84 Å². The zero-order valence-corrected chi connectivity index (χ0v) is 39.5. The van der Waals surface area contributed by atoms with Crippen molar-refractivity contribution in [2.75, 3.05) is 44.3 Å². The highest BCUT2D eigenvalue weighted by atomic mass is 19.3. The van der Waals surface area contributed by atoms with E-state index in [1.54, 1.807) is 37.5 Å². The Morgan fingerprint density at radius 2 is 1.54 bits per heavy atom. The number of likely N-dealkylation sites (tertiary alicyclic amines) is 1. The van der Waals surface area contributed by atoms with E-state index in [2.05, 4.69) is 24.8 Å². The average Bonchev–Trinajstić information content (AvgIpc) is 4.14. The first kappa shape index (κ1) is 45.3. The lowest BCUT2D eigenvalue weighted by atomic mass is 9.91. The van der Waals surface area contributed by atoms with Crippen molar-refractivity contribution in [3.05, 3.63) is 93.6 Å². The van der Waals surface area contributed by atoms with Gasteiger partial charge in [-0.3, -0.25) is 53.5 Å². The topological polar surface area (TPSA) is 176 Å². The smallest absolute Gasteiger partial charge is 0.264 e. The summed E-state index contributed by atoms with van der Waals surface area (Å²) in [5.74, 6) is -1.47. The molecule has 0 bridgehead atoms. The van der Waals surface area contributed by atoms with Gasteiger partial charge in [0.1, 0.15) is 12.6 Å². The highest BCUT2D eigenvalue weighted by Gasteiger charge is 2.46. The van der Waals surface area contributed by atoms with Crippen LogP contribution in [0.1, 0.15) is 119 Å². The Hall–Kier alpha value is -6.86. The van der Waals surface area contributed by atoms with Gasteiger partial charge >= 0.3 is 0 Å². The Kier molecular flexibility index (Phi) is 11.3. The molecule has 0 aliphatic carbocycles. The summed E-state index contributed by atoms with van der Waals surface area (Å²) in [5, 5.41) is 8.15. The second-order valence-corrected chi connectivity index (χ2v) is 20.0. The van der Waals surface area contributed by atoms with Gasteiger partial charge in [-0.15, -0.1) is 0 Å². The predicted molar refractivity (Wildman–Crippen MR) is 254 cm³/mol. The molecular weight excluding hydrogens is 915 g/mol. The number of fused-ring (bicyclic) bond motifs is 5. The minimum atomic E-state index is -2.80. The maximum Gasteiger partial charge on any atom is 0.264 e. The first-order valence-corrected chi connectivity index (χ1v) is 24.9. The zero-order valence-electron chi connectivity index (χ0n) is 39.5. The molecule has 3 fully saturated rings. The number of carbonyl (C=O) groups is 6. The number of imide groups is 2. The third-order valence-electron chi connectivity index (χ3n) is 16.0. The fourth-order valence-corrected chi connectivity index (χ4v) is 12.3. The third-order valence-corrected chi connectivity index (χ3v) is 16.0. The van der Waals surface area contributed by atoms with Crippen molar-refractivity contribution in [1.29, 1.82) is 0 Å². The van der Waals surface area contributed by atoms with E-state index < -0.39 is 36.1 Å². The number of nitrogens with one attached hydrogen (secondary N) is 1. The third kappa shape index (κ3) is 7.78. The molecule has 0 radical (unpaired) electrons. The molecule has 368 valence electrons. The molecule has 12 rings (SSSR count). The molecule has 0 spiro atoms. The second kappa shape index (κ2) is 17.8. The van der Waals surface area contributed by atoms with Crippen LogP contribution in [0.3, 0.4) is 0 Å². The number of amides is 6. The maximum atomic E-state index is 15.5. The van der Waals surface area contributed by atoms with Gasteiger partial charge in [-0.1, -0.05) is 0 Å². The highest BCUT2D eigenvalue weighted by molar-refractivity contribution is 6.23. The van der Waals surface area contributed by atoms with Gasteiger partial charge in [0.15, 0.2) is 5.82 Å². The highest BCUT2D eigenvalue weighted by Crippen LogP contribution is 2.45. The standard InChI is InChI=1S/C52H54F2N10O7/c1-29(65)59-16-9-43-41(27-59)49(57-64(43)34-10-17-71-18-11-34)62-13-2-3-30-19-35(36(48(53)54)22-45(30)62)40-26-61(42-6-12-55-23-39(40)42)28-47(67)58-14-7-33(8-15-58)60-24-31-20-37-38(21-32(31)25-60)52(70)63(51(37)69)44-4-5-46(66)56-50(44)68/h6,12,19-23,26,33-34,44,48H,2-5,7-11,13-18,24-25,27-28H2,1H3,(H,56,66,68). The minimum absolute atomic E-state index is 0.0103. The van der Waals surface area contributed by atoms with E-state index in [9.17, 15) is 28.8 Å². The number of hydrogen-bond donors (Lipinski definition) is 1. The molecule has 71 heavy (non-hydrogen) atoms. The Bertz CT molecular complexity index is 3030. The van der Waals surface area contributed by atoms with Crippen LogP contribution in [0, 0.1) is 0 Å². The zero-order chi connectivity index (χ0) is 48.8. The number of ether oxygens (including phenoxy) is 1. The van der Waals surface area contributed by atoms with Gasteiger partial charge < -0.3 is 24.0 Å². The number of nitrogens with zero attached hydrogens (tertiary/aromatic N) is 9. The van der Waals surface area contributed by atoms with Gasteiger partial charge in [0.05, 0.1) is 29.2 Å². The summed E-state index contributed by atoms with van der Waals surface area (Å²) in [6, 6.07) is 8.17. The number of benzene rings is 2. The van der Waals surface area contributed by atoms with Gasteiger partial charge in [-0.25, -0.2) is 8.78 Å². The largest absolute Gasteiger partial charge is 0.381 e. The van der Waals surface area contributed by atoms with Crippen molar-refractivity contribution < 1.29 is 42.3 Å². The summed E-state index contributed by atoms with van der Waals surface area (Å²) >= 11 is 0. The molecule has 10 heterocycles. The second-order valence-electron chi connectivity index (χ2n) is 20.0. The number of rotatable bonds is 8. The molecule has 0 saturated carbocycles. The molecule has 5 aromatic rings. The number of carbonyl (C=O) groups excluding carboxylic acids is 6. The Balaban J connectivity index is 0.759. The number of pyridine rings is 1. The quantitative estimate of drug-likeness (QED) is 0.192. The molecule has 3 aromatic heterocycles. The molecule has 19 heteroatoms. The molecule has 2 aromatic carbocycles. The summed E-state index contributed by atoms with van der Waals surface area (Å²) in [4.78, 5) is 91.5. The summed E-state index contributed by atoms with van der Waals surface area (Å²) in [6.45, 7) is 6.72. The number of hydrogen-bond acceptors (Lipinski definition) is 11. The number of aromatic nitrogens is 4. The van der Waals surface area contributed by atoms with Gasteiger partial charge in [-0.2, -0.15) is 5.10 Å². The molecule has 1 N–H and O–H groups in total. The van der Waals surface area contributed by atoms with E-state index in [0.717, 1.165) is 76.3 Å². The van der Waals surface area contributed by atoms with Crippen LogP contribution >= 0.6 is 0 Å². The lowest BCUT2D eigenvalue weighted by Gasteiger charge is -2.36. The van der Waals surface area contributed by atoms with Gasteiger partial charge in [0, 0.05) is 130 Å². The van der Waals surface area contributed by atoms with E-state index in [-0.39, 0.29) is 60.0 Å². The summed E-state index contributed by atoms with van der Waals surface area (Å²) in [5.41, 5.74) is 7.73. The molecular formula is C52H54F2N10O7. The van der Waals surface area contributed by atoms with Gasteiger partial charge in [0.2, 0.25) is 23.6 Å². The molecule has 7 aliphatic heterocycles. The summed E-state index contributed by atoms with van der Waals surface area (Å²) in [7, 11) is 0. The van der Waals surface area contributed by atoms with Crippen LogP contribution in [0.25, 0.3) is 22.0 Å². The van der Waals surface area contributed by atoms with Crippen LogP contribution in [0.5, 0.6) is 0 Å². The number of aryl methyl sites for hydroxylation is 1. The number of piperidine rings is 2. The molecule has 17 nitrogen and oxygen atoms in total. The molecule has 6 amide bonds. The first-order chi connectivity index (χ1) is 34.4. The van der Waals surface area contributed by atoms with Crippen LogP contribution in [0.2, 0.25) is 0 Å². The van der Waals surface area contributed by atoms with Crippen LogP contribution in [0.15, 0.2) is 48.9 Å². The number of alkyl halides is 2. The number of anilines is 2. The first-order valence-electron chi connectivity index (χ1n) is 24.9. The molecule has 7 aliphatic rings. The monoisotopic (exact) mass is 968 g/mol. The summed E-state index contributed by atoms with van der Waals surface area (Å²) in [6.07, 6.45) is 7.74. The van der Waals surface area contributed by atoms with Crippen molar-refractivity contribution in [2.45, 2.75) is 115 Å². The van der Waals surface area contributed by atoms with Crippen molar-refractivity contribution in [3.8, 4) is 11.1 Å². The van der Waals surface area contributed by atoms with Crippen LogP contribution in [-0.2, 0) is 62.9 Å². The predicted octanol–water partition coefficient (Wildman–Crippen LogP) is 5.59. The van der Waals surface area contributed by atoms with E-state index in [1.807, 2.05) is 32.7 Å². The fraction of sp³-hybridized carbons (Fsp3) is 0.462. The molecule has 1 unspecified atom stereocenters. The van der Waals surface area contributed by atoms with Crippen LogP contribution in [-0.4, -0.2) is 126 Å². The van der Waals surface area contributed by atoms with Crippen molar-refractivity contribution in [1.82, 2.24) is 44.2 Å². The Labute approximate surface area is 407 Å². The van der Waals surface area contributed by atoms with Crippen molar-refractivity contribution in [3.63, 3.8) is 0 Å². The van der Waals surface area contributed by atoms with E-state index >= 15 is 8.78 Å². The van der Waals surface area contributed by atoms with Crippen molar-refractivity contribution in [2.24, 2.45) is 0 Å². The van der Waals surface area contributed by atoms with E-state index in [1.165, 1.54) is 0 Å². The van der Waals surface area contributed by atoms with Gasteiger partial charge in [0.25, 0.3) is 18.2 Å².